The summed E-state index contributed by atoms with van der Waals surface area (Å²) in [6, 6.07) is 4.10. The fourth-order valence-electron chi connectivity index (χ4n) is 1.56. The molecular formula is C12H16N2O. The van der Waals surface area contributed by atoms with Crippen LogP contribution in [0.3, 0.4) is 0 Å². The van der Waals surface area contributed by atoms with Gasteiger partial charge in [0.15, 0.2) is 0 Å². The fourth-order valence-corrected chi connectivity index (χ4v) is 1.56. The van der Waals surface area contributed by atoms with E-state index in [4.69, 9.17) is 0 Å². The third-order valence-electron chi connectivity index (χ3n) is 2.68. The van der Waals surface area contributed by atoms with Gasteiger partial charge in [0, 0.05) is 0 Å². The summed E-state index contributed by atoms with van der Waals surface area (Å²) in [6.45, 7) is 7.58. The molecule has 1 heterocycles. The van der Waals surface area contributed by atoms with Crippen LogP contribution in [-0.4, -0.2) is 15.1 Å². The van der Waals surface area contributed by atoms with Gasteiger partial charge >= 0.3 is 0 Å². The first-order valence-electron chi connectivity index (χ1n) is 5.08. The first kappa shape index (κ1) is 10.2. The Morgan fingerprint density at radius 3 is 2.40 bits per heavy atom. The minimum absolute atomic E-state index is 0.613. The molecule has 0 atom stereocenters. The number of aryl methyl sites for hydroxylation is 2. The zero-order chi connectivity index (χ0) is 11.2. The highest BCUT2D eigenvalue weighted by molar-refractivity contribution is 5.77. The molecule has 0 amide bonds. The number of H-pyrrole nitrogens is 1. The summed E-state index contributed by atoms with van der Waals surface area (Å²) < 4.78 is 0. The lowest BCUT2D eigenvalue weighted by molar-refractivity contribution is 0.0700. The van der Waals surface area contributed by atoms with Crippen LogP contribution < -0.4 is 0 Å². The minimum Gasteiger partial charge on any atom is -0.383 e. The molecule has 0 saturated heterocycles. The van der Waals surface area contributed by atoms with Crippen molar-refractivity contribution in [2.45, 2.75) is 33.3 Å². The van der Waals surface area contributed by atoms with Crippen molar-refractivity contribution < 1.29 is 5.11 Å². The van der Waals surface area contributed by atoms with Gasteiger partial charge in [-0.3, -0.25) is 0 Å². The van der Waals surface area contributed by atoms with E-state index in [1.54, 1.807) is 13.8 Å². The predicted octanol–water partition coefficient (Wildman–Crippen LogP) is 2.41. The molecule has 2 aromatic rings. The number of aromatic amines is 1. The molecule has 0 unspecified atom stereocenters. The van der Waals surface area contributed by atoms with Gasteiger partial charge in [-0.2, -0.15) is 0 Å². The molecule has 80 valence electrons. The number of hydrogen-bond acceptors (Lipinski definition) is 2. The number of rotatable bonds is 1. The van der Waals surface area contributed by atoms with Gasteiger partial charge in [0.25, 0.3) is 0 Å². The van der Waals surface area contributed by atoms with E-state index >= 15 is 0 Å². The molecule has 3 heteroatoms. The van der Waals surface area contributed by atoms with E-state index in [2.05, 4.69) is 29.9 Å². The number of fused-ring (bicyclic) bond motifs is 1. The van der Waals surface area contributed by atoms with Crippen molar-refractivity contribution in [3.63, 3.8) is 0 Å². The first-order valence-corrected chi connectivity index (χ1v) is 5.08. The molecule has 1 aromatic heterocycles. The van der Waals surface area contributed by atoms with Gasteiger partial charge in [0.1, 0.15) is 11.4 Å². The Hall–Kier alpha value is -1.35. The number of nitrogens with one attached hydrogen (secondary N) is 1. The van der Waals surface area contributed by atoms with E-state index in [9.17, 15) is 5.11 Å². The minimum atomic E-state index is -0.916. The SMILES string of the molecule is Cc1cc2nc(C(C)(C)O)[nH]c2cc1C. The normalized spacial score (nSPS) is 12.3. The van der Waals surface area contributed by atoms with Gasteiger partial charge in [-0.05, 0) is 51.0 Å². The summed E-state index contributed by atoms with van der Waals surface area (Å²) in [5.41, 5.74) is 3.43. The largest absolute Gasteiger partial charge is 0.383 e. The van der Waals surface area contributed by atoms with Gasteiger partial charge in [0.2, 0.25) is 0 Å². The third-order valence-corrected chi connectivity index (χ3v) is 2.68. The molecule has 2 N–H and O–H groups in total. The highest BCUT2D eigenvalue weighted by atomic mass is 16.3. The molecule has 0 aliphatic heterocycles. The Labute approximate surface area is 89.2 Å². The van der Waals surface area contributed by atoms with E-state index < -0.39 is 5.60 Å². The number of nitrogens with zero attached hydrogens (tertiary/aromatic N) is 1. The second-order valence-corrected chi connectivity index (χ2v) is 4.60. The number of hydrogen-bond donors (Lipinski definition) is 2. The average molecular weight is 204 g/mol. The summed E-state index contributed by atoms with van der Waals surface area (Å²) in [7, 11) is 0. The molecule has 0 radical (unpaired) electrons. The number of aromatic nitrogens is 2. The summed E-state index contributed by atoms with van der Waals surface area (Å²) in [5.74, 6) is 0.613. The summed E-state index contributed by atoms with van der Waals surface area (Å²) in [6.07, 6.45) is 0. The Morgan fingerprint density at radius 2 is 1.80 bits per heavy atom. The van der Waals surface area contributed by atoms with Crippen LogP contribution in [0, 0.1) is 13.8 Å². The topological polar surface area (TPSA) is 48.9 Å². The standard InChI is InChI=1S/C12H16N2O/c1-7-5-9-10(6-8(7)2)14-11(13-9)12(3,4)15/h5-6,15H,1-4H3,(H,13,14). The molecule has 0 spiro atoms. The molecule has 3 nitrogen and oxygen atoms in total. The Kier molecular flexibility index (Phi) is 2.08. The van der Waals surface area contributed by atoms with Crippen molar-refractivity contribution in [3.05, 3.63) is 29.1 Å². The summed E-state index contributed by atoms with van der Waals surface area (Å²) in [5, 5.41) is 9.83. The molecule has 0 aliphatic rings. The average Bonchev–Trinajstić information content (AvgIpc) is 2.47. The highest BCUT2D eigenvalue weighted by Gasteiger charge is 2.20. The first-order chi connectivity index (χ1) is 6.88. The van der Waals surface area contributed by atoms with Crippen molar-refractivity contribution in [3.8, 4) is 0 Å². The van der Waals surface area contributed by atoms with Crippen LogP contribution in [0.4, 0.5) is 0 Å². The predicted molar refractivity (Wildman–Crippen MR) is 60.8 cm³/mol. The number of imidazole rings is 1. The Morgan fingerprint density at radius 1 is 1.20 bits per heavy atom. The summed E-state index contributed by atoms with van der Waals surface area (Å²) >= 11 is 0. The molecule has 0 fully saturated rings. The lowest BCUT2D eigenvalue weighted by Crippen LogP contribution is -2.17. The van der Waals surface area contributed by atoms with Crippen LogP contribution in [0.2, 0.25) is 0 Å². The monoisotopic (exact) mass is 204 g/mol. The molecule has 0 bridgehead atoms. The van der Waals surface area contributed by atoms with Gasteiger partial charge in [-0.25, -0.2) is 4.98 Å². The van der Waals surface area contributed by atoms with E-state index in [-0.39, 0.29) is 0 Å². The molecule has 15 heavy (non-hydrogen) atoms. The van der Waals surface area contributed by atoms with E-state index in [0.717, 1.165) is 11.0 Å². The van der Waals surface area contributed by atoms with Crippen LogP contribution in [0.15, 0.2) is 12.1 Å². The van der Waals surface area contributed by atoms with Gasteiger partial charge in [-0.15, -0.1) is 0 Å². The highest BCUT2D eigenvalue weighted by Crippen LogP contribution is 2.22. The maximum absolute atomic E-state index is 9.83. The van der Waals surface area contributed by atoms with Crippen molar-refractivity contribution in [1.29, 1.82) is 0 Å². The second-order valence-electron chi connectivity index (χ2n) is 4.60. The third kappa shape index (κ3) is 1.75. The molecule has 1 aromatic carbocycles. The molecular weight excluding hydrogens is 188 g/mol. The Bertz CT molecular complexity index is 467. The molecule has 0 aliphatic carbocycles. The van der Waals surface area contributed by atoms with E-state index in [0.29, 0.717) is 5.82 Å². The van der Waals surface area contributed by atoms with Crippen molar-refractivity contribution >= 4 is 11.0 Å². The van der Waals surface area contributed by atoms with Gasteiger partial charge in [0.05, 0.1) is 11.0 Å². The maximum Gasteiger partial charge on any atom is 0.138 e. The molecule has 2 rings (SSSR count). The van der Waals surface area contributed by atoms with Gasteiger partial charge in [-0.1, -0.05) is 0 Å². The maximum atomic E-state index is 9.83. The van der Waals surface area contributed by atoms with Crippen LogP contribution in [0.5, 0.6) is 0 Å². The zero-order valence-electron chi connectivity index (χ0n) is 9.55. The van der Waals surface area contributed by atoms with Gasteiger partial charge < -0.3 is 10.1 Å². The smallest absolute Gasteiger partial charge is 0.138 e. The Balaban J connectivity index is 2.66. The van der Waals surface area contributed by atoms with Crippen molar-refractivity contribution in [1.82, 2.24) is 9.97 Å². The van der Waals surface area contributed by atoms with E-state index in [1.807, 2.05) is 6.07 Å². The summed E-state index contributed by atoms with van der Waals surface area (Å²) in [4.78, 5) is 7.52. The zero-order valence-corrected chi connectivity index (χ0v) is 9.55. The number of aliphatic hydroxyl groups is 1. The van der Waals surface area contributed by atoms with Crippen LogP contribution >= 0.6 is 0 Å². The van der Waals surface area contributed by atoms with Crippen LogP contribution in [0.1, 0.15) is 30.8 Å². The van der Waals surface area contributed by atoms with Crippen LogP contribution in [-0.2, 0) is 5.60 Å². The number of benzene rings is 1. The van der Waals surface area contributed by atoms with E-state index in [1.165, 1.54) is 11.1 Å². The molecule has 0 saturated carbocycles. The second kappa shape index (κ2) is 3.07. The lowest BCUT2D eigenvalue weighted by Gasteiger charge is -2.12. The van der Waals surface area contributed by atoms with Crippen molar-refractivity contribution in [2.24, 2.45) is 0 Å². The van der Waals surface area contributed by atoms with Crippen molar-refractivity contribution in [2.75, 3.05) is 0 Å². The van der Waals surface area contributed by atoms with Crippen LogP contribution in [0.25, 0.3) is 11.0 Å². The quantitative estimate of drug-likeness (QED) is 0.749. The lowest BCUT2D eigenvalue weighted by atomic mass is 10.1. The fraction of sp³-hybridized carbons (Fsp3) is 0.417.